The lowest BCUT2D eigenvalue weighted by molar-refractivity contribution is -0.115. The second-order valence-corrected chi connectivity index (χ2v) is 4.94. The Kier molecular flexibility index (Phi) is 3.62. The molecular weight excluding hydrogens is 222 g/mol. The highest BCUT2D eigenvalue weighted by molar-refractivity contribution is 6.64. The molecule has 0 amide bonds. The molecule has 1 aromatic rings. The van der Waals surface area contributed by atoms with E-state index < -0.39 is 0 Å². The second-order valence-electron chi connectivity index (χ2n) is 4.57. The first kappa shape index (κ1) is 11.6. The molecule has 86 valence electrons. The lowest BCUT2D eigenvalue weighted by Gasteiger charge is -2.14. The molecule has 2 nitrogen and oxygen atoms in total. The zero-order chi connectivity index (χ0) is 11.5. The standard InChI is InChI=1S/C13H16ClNO/c1-10-7-15(9-12(10)13(14)16)8-11-5-3-2-4-6-11/h2-6,10,12H,7-9H2,1H3/t10-,12-/m1/s1. The van der Waals surface area contributed by atoms with Crippen LogP contribution in [0.15, 0.2) is 30.3 Å². The smallest absolute Gasteiger partial charge is 0.226 e. The van der Waals surface area contributed by atoms with Crippen LogP contribution in [0.4, 0.5) is 0 Å². The number of carbonyl (C=O) groups excluding carboxylic acids is 1. The van der Waals surface area contributed by atoms with Crippen molar-refractivity contribution in [3.8, 4) is 0 Å². The van der Waals surface area contributed by atoms with E-state index in [1.807, 2.05) is 18.2 Å². The van der Waals surface area contributed by atoms with Crippen molar-refractivity contribution < 1.29 is 4.79 Å². The van der Waals surface area contributed by atoms with Crippen LogP contribution >= 0.6 is 11.6 Å². The Morgan fingerprint density at radius 3 is 2.62 bits per heavy atom. The maximum Gasteiger partial charge on any atom is 0.226 e. The van der Waals surface area contributed by atoms with E-state index in [9.17, 15) is 4.79 Å². The van der Waals surface area contributed by atoms with Crippen molar-refractivity contribution in [3.63, 3.8) is 0 Å². The zero-order valence-corrected chi connectivity index (χ0v) is 10.2. The summed E-state index contributed by atoms with van der Waals surface area (Å²) in [7, 11) is 0. The molecule has 1 saturated heterocycles. The third-order valence-electron chi connectivity index (χ3n) is 3.23. The number of halogens is 1. The van der Waals surface area contributed by atoms with Crippen LogP contribution < -0.4 is 0 Å². The van der Waals surface area contributed by atoms with E-state index in [0.29, 0.717) is 5.92 Å². The van der Waals surface area contributed by atoms with Crippen molar-refractivity contribution >= 4 is 16.8 Å². The molecule has 1 aromatic carbocycles. The molecule has 0 radical (unpaired) electrons. The van der Waals surface area contributed by atoms with E-state index >= 15 is 0 Å². The maximum atomic E-state index is 11.2. The van der Waals surface area contributed by atoms with Crippen LogP contribution in [0.2, 0.25) is 0 Å². The van der Waals surface area contributed by atoms with Crippen molar-refractivity contribution in [2.24, 2.45) is 11.8 Å². The van der Waals surface area contributed by atoms with E-state index in [1.165, 1.54) is 5.56 Å². The molecule has 1 aliphatic rings. The second kappa shape index (κ2) is 4.98. The average Bonchev–Trinajstić information content (AvgIpc) is 2.61. The Morgan fingerprint density at radius 2 is 2.06 bits per heavy atom. The number of carbonyl (C=O) groups is 1. The summed E-state index contributed by atoms with van der Waals surface area (Å²) in [6.45, 7) is 4.75. The molecule has 1 aliphatic heterocycles. The number of benzene rings is 1. The van der Waals surface area contributed by atoms with Gasteiger partial charge in [0.1, 0.15) is 0 Å². The lowest BCUT2D eigenvalue weighted by Crippen LogP contribution is -2.21. The number of likely N-dealkylation sites (tertiary alicyclic amines) is 1. The fourth-order valence-electron chi connectivity index (χ4n) is 2.33. The monoisotopic (exact) mass is 237 g/mol. The highest BCUT2D eigenvalue weighted by Crippen LogP contribution is 2.26. The van der Waals surface area contributed by atoms with Crippen LogP contribution in [0, 0.1) is 11.8 Å². The first-order chi connectivity index (χ1) is 7.66. The number of hydrogen-bond acceptors (Lipinski definition) is 2. The summed E-state index contributed by atoms with van der Waals surface area (Å²) in [6.07, 6.45) is 0. The van der Waals surface area contributed by atoms with Crippen LogP contribution in [0.1, 0.15) is 12.5 Å². The van der Waals surface area contributed by atoms with Gasteiger partial charge in [-0.1, -0.05) is 37.3 Å². The molecule has 2 rings (SSSR count). The lowest BCUT2D eigenvalue weighted by atomic mass is 10.0. The number of rotatable bonds is 3. The largest absolute Gasteiger partial charge is 0.298 e. The Bertz CT molecular complexity index is 365. The van der Waals surface area contributed by atoms with Gasteiger partial charge in [0.25, 0.3) is 0 Å². The van der Waals surface area contributed by atoms with Crippen LogP contribution in [0.25, 0.3) is 0 Å². The molecule has 0 N–H and O–H groups in total. The number of hydrogen-bond donors (Lipinski definition) is 0. The highest BCUT2D eigenvalue weighted by Gasteiger charge is 2.33. The summed E-state index contributed by atoms with van der Waals surface area (Å²) in [5.74, 6) is 0.374. The highest BCUT2D eigenvalue weighted by atomic mass is 35.5. The summed E-state index contributed by atoms with van der Waals surface area (Å²) in [4.78, 5) is 13.5. The molecule has 0 aliphatic carbocycles. The van der Waals surface area contributed by atoms with Crippen LogP contribution in [0.5, 0.6) is 0 Å². The van der Waals surface area contributed by atoms with Gasteiger partial charge in [0.2, 0.25) is 5.24 Å². The minimum Gasteiger partial charge on any atom is -0.298 e. The van der Waals surface area contributed by atoms with E-state index in [-0.39, 0.29) is 11.2 Å². The quantitative estimate of drug-likeness (QED) is 0.753. The van der Waals surface area contributed by atoms with Crippen molar-refractivity contribution in [3.05, 3.63) is 35.9 Å². The summed E-state index contributed by atoms with van der Waals surface area (Å²) < 4.78 is 0. The number of nitrogens with zero attached hydrogens (tertiary/aromatic N) is 1. The predicted octanol–water partition coefficient (Wildman–Crippen LogP) is 2.52. The molecule has 0 unspecified atom stereocenters. The summed E-state index contributed by atoms with van der Waals surface area (Å²) in [5.41, 5.74) is 1.29. The molecule has 1 fully saturated rings. The predicted molar refractivity (Wildman–Crippen MR) is 65.2 cm³/mol. The normalized spacial score (nSPS) is 25.9. The first-order valence-corrected chi connectivity index (χ1v) is 6.00. The van der Waals surface area contributed by atoms with Crippen molar-refractivity contribution in [2.45, 2.75) is 13.5 Å². The van der Waals surface area contributed by atoms with E-state index in [1.54, 1.807) is 0 Å². The van der Waals surface area contributed by atoms with Gasteiger partial charge in [-0.25, -0.2) is 0 Å². The molecule has 2 atom stereocenters. The Labute approximate surface area is 101 Å². The molecule has 16 heavy (non-hydrogen) atoms. The molecular formula is C13H16ClNO. The fourth-order valence-corrected chi connectivity index (χ4v) is 2.62. The third-order valence-corrected chi connectivity index (χ3v) is 3.51. The zero-order valence-electron chi connectivity index (χ0n) is 9.40. The van der Waals surface area contributed by atoms with Gasteiger partial charge in [-0.05, 0) is 23.1 Å². The van der Waals surface area contributed by atoms with Crippen molar-refractivity contribution in [2.75, 3.05) is 13.1 Å². The van der Waals surface area contributed by atoms with Crippen LogP contribution in [-0.2, 0) is 11.3 Å². The molecule has 0 bridgehead atoms. The summed E-state index contributed by atoms with van der Waals surface area (Å²) in [6, 6.07) is 10.3. The van der Waals surface area contributed by atoms with Gasteiger partial charge < -0.3 is 0 Å². The fraction of sp³-hybridized carbons (Fsp3) is 0.462. The van der Waals surface area contributed by atoms with Gasteiger partial charge in [-0.2, -0.15) is 0 Å². The van der Waals surface area contributed by atoms with Gasteiger partial charge in [-0.3, -0.25) is 9.69 Å². The van der Waals surface area contributed by atoms with Gasteiger partial charge in [0.15, 0.2) is 0 Å². The van der Waals surface area contributed by atoms with Gasteiger partial charge in [0, 0.05) is 25.6 Å². The SMILES string of the molecule is C[C@@H]1CN(Cc2ccccc2)C[C@H]1C(=O)Cl. The van der Waals surface area contributed by atoms with E-state index in [4.69, 9.17) is 11.6 Å². The van der Waals surface area contributed by atoms with Gasteiger partial charge in [-0.15, -0.1) is 0 Å². The van der Waals surface area contributed by atoms with Crippen LogP contribution in [0.3, 0.4) is 0 Å². The maximum absolute atomic E-state index is 11.2. The van der Waals surface area contributed by atoms with Gasteiger partial charge in [0.05, 0.1) is 0 Å². The molecule has 0 saturated carbocycles. The van der Waals surface area contributed by atoms with E-state index in [2.05, 4.69) is 24.0 Å². The summed E-state index contributed by atoms with van der Waals surface area (Å²) in [5, 5.41) is -0.192. The summed E-state index contributed by atoms with van der Waals surface area (Å²) >= 11 is 5.58. The molecule has 0 aromatic heterocycles. The third kappa shape index (κ3) is 2.63. The molecule has 0 spiro atoms. The Balaban J connectivity index is 1.96. The minimum atomic E-state index is -0.192. The van der Waals surface area contributed by atoms with Gasteiger partial charge >= 0.3 is 0 Å². The van der Waals surface area contributed by atoms with E-state index in [0.717, 1.165) is 19.6 Å². The Morgan fingerprint density at radius 1 is 1.38 bits per heavy atom. The van der Waals surface area contributed by atoms with Crippen LogP contribution in [-0.4, -0.2) is 23.2 Å². The first-order valence-electron chi connectivity index (χ1n) is 5.62. The minimum absolute atomic E-state index is 0.00498. The molecule has 3 heteroatoms. The van der Waals surface area contributed by atoms with Crippen molar-refractivity contribution in [1.82, 2.24) is 4.90 Å². The topological polar surface area (TPSA) is 20.3 Å². The van der Waals surface area contributed by atoms with Crippen molar-refractivity contribution in [1.29, 1.82) is 0 Å². The average molecular weight is 238 g/mol. The molecule has 1 heterocycles. The Hall–Kier alpha value is -0.860.